The van der Waals surface area contributed by atoms with Crippen molar-refractivity contribution in [3.05, 3.63) is 6.42 Å². The summed E-state index contributed by atoms with van der Waals surface area (Å²) in [6.07, 6.45) is 3.32. The fourth-order valence-corrected chi connectivity index (χ4v) is 0. The Balaban J connectivity index is 0. The summed E-state index contributed by atoms with van der Waals surface area (Å²) in [6, 6.07) is 0. The molecule has 0 aliphatic carbocycles. The maximum absolute atomic E-state index is 2.12. The molecule has 0 bridgehead atoms. The van der Waals surface area contributed by atoms with Gasteiger partial charge >= 0.3 is 51.4 Å². The van der Waals surface area contributed by atoms with Gasteiger partial charge in [0.15, 0.2) is 0 Å². The third kappa shape index (κ3) is 10.7. The van der Waals surface area contributed by atoms with E-state index in [0.717, 1.165) is 0 Å². The SMILES string of the molecule is C[CH]CC.[KH]. The molecule has 0 heterocycles. The molecule has 1 radical (unpaired) electrons. The molecular weight excluding hydrogens is 87.1 g/mol. The molecule has 0 atom stereocenters. The monoisotopic (exact) mass is 97.0 g/mol. The quantitative estimate of drug-likeness (QED) is 0.428. The molecule has 0 aliphatic heterocycles. The van der Waals surface area contributed by atoms with Crippen molar-refractivity contribution in [1.29, 1.82) is 0 Å². The third-order valence-corrected chi connectivity index (χ3v) is 0.408. The Morgan fingerprint density at radius 2 is 1.80 bits per heavy atom. The number of unbranched alkanes of at least 4 members (excludes halogenated alkanes) is 1. The molecule has 0 fully saturated rings. The van der Waals surface area contributed by atoms with Crippen molar-refractivity contribution < 1.29 is 0 Å². The molecule has 0 aromatic carbocycles. The van der Waals surface area contributed by atoms with E-state index in [0.29, 0.717) is 0 Å². The van der Waals surface area contributed by atoms with Crippen molar-refractivity contribution in [3.63, 3.8) is 0 Å². The second-order valence-electron chi connectivity index (χ2n) is 0.816. The van der Waals surface area contributed by atoms with Crippen LogP contribution in [0.15, 0.2) is 0 Å². The zero-order valence-electron chi connectivity index (χ0n) is 3.28. The summed E-state index contributed by atoms with van der Waals surface area (Å²) in [5.74, 6) is 0. The van der Waals surface area contributed by atoms with Crippen LogP contribution >= 0.6 is 0 Å². The molecule has 0 nitrogen and oxygen atoms in total. The zero-order chi connectivity index (χ0) is 3.41. The Labute approximate surface area is 76.8 Å². The first-order valence-corrected chi connectivity index (χ1v) is 1.69. The summed E-state index contributed by atoms with van der Waals surface area (Å²) in [4.78, 5) is 0. The first-order valence-electron chi connectivity index (χ1n) is 1.69. The molecule has 0 aromatic rings. The Hall–Kier alpha value is 1.64. The van der Waals surface area contributed by atoms with Crippen LogP contribution in [0.4, 0.5) is 0 Å². The van der Waals surface area contributed by atoms with Crippen LogP contribution in [0.5, 0.6) is 0 Å². The topological polar surface area (TPSA) is 0 Å². The normalized spacial score (nSPS) is 6.00. The van der Waals surface area contributed by atoms with Gasteiger partial charge in [0.1, 0.15) is 0 Å². The van der Waals surface area contributed by atoms with E-state index in [1.165, 1.54) is 6.42 Å². The van der Waals surface area contributed by atoms with Crippen molar-refractivity contribution in [2.45, 2.75) is 20.3 Å². The van der Waals surface area contributed by atoms with Crippen LogP contribution in [-0.4, -0.2) is 51.4 Å². The average molecular weight is 97.2 g/mol. The molecule has 0 aliphatic rings. The van der Waals surface area contributed by atoms with Gasteiger partial charge in [0.05, 0.1) is 0 Å². The minimum absolute atomic E-state index is 0. The van der Waals surface area contributed by atoms with Gasteiger partial charge in [0, 0.05) is 0 Å². The molecule has 1 heteroatoms. The van der Waals surface area contributed by atoms with Crippen molar-refractivity contribution in [2.75, 3.05) is 0 Å². The van der Waals surface area contributed by atoms with Crippen LogP contribution in [0.1, 0.15) is 20.3 Å². The summed E-state index contributed by atoms with van der Waals surface area (Å²) in [5.41, 5.74) is 0. The summed E-state index contributed by atoms with van der Waals surface area (Å²) in [5, 5.41) is 0. The van der Waals surface area contributed by atoms with Crippen molar-refractivity contribution >= 4 is 51.4 Å². The van der Waals surface area contributed by atoms with Crippen molar-refractivity contribution in [2.24, 2.45) is 0 Å². The fourth-order valence-electron chi connectivity index (χ4n) is 0. The van der Waals surface area contributed by atoms with Crippen LogP contribution in [0, 0.1) is 6.42 Å². The van der Waals surface area contributed by atoms with Crippen molar-refractivity contribution in [3.8, 4) is 0 Å². The number of hydrogen-bond donors (Lipinski definition) is 0. The molecule has 5 heavy (non-hydrogen) atoms. The van der Waals surface area contributed by atoms with Gasteiger partial charge < -0.3 is 0 Å². The van der Waals surface area contributed by atoms with Gasteiger partial charge in [-0.15, -0.1) is 0 Å². The Kier molecular flexibility index (Phi) is 18.0. The van der Waals surface area contributed by atoms with Gasteiger partial charge in [-0.05, 0) is 6.42 Å². The maximum atomic E-state index is 2.12. The number of rotatable bonds is 1. The van der Waals surface area contributed by atoms with Crippen LogP contribution in [0.25, 0.3) is 0 Å². The minimum atomic E-state index is 0. The third-order valence-electron chi connectivity index (χ3n) is 0.408. The number of hydrogen-bond acceptors (Lipinski definition) is 0. The zero-order valence-corrected chi connectivity index (χ0v) is 3.28. The average Bonchev–Trinajstić information content (AvgIpc) is 1.37. The first kappa shape index (κ1) is 9.81. The summed E-state index contributed by atoms with van der Waals surface area (Å²) >= 11 is 0. The molecule has 0 spiro atoms. The van der Waals surface area contributed by atoms with Gasteiger partial charge in [-0.2, -0.15) is 0 Å². The molecular formula is C4H10K. The Morgan fingerprint density at radius 3 is 1.80 bits per heavy atom. The van der Waals surface area contributed by atoms with Crippen molar-refractivity contribution in [1.82, 2.24) is 0 Å². The van der Waals surface area contributed by atoms with E-state index in [2.05, 4.69) is 20.3 Å². The molecule has 0 saturated carbocycles. The van der Waals surface area contributed by atoms with Crippen LogP contribution < -0.4 is 0 Å². The van der Waals surface area contributed by atoms with Crippen LogP contribution in [0.3, 0.4) is 0 Å². The van der Waals surface area contributed by atoms with Gasteiger partial charge in [0.2, 0.25) is 0 Å². The van der Waals surface area contributed by atoms with E-state index in [4.69, 9.17) is 0 Å². The van der Waals surface area contributed by atoms with Crippen LogP contribution in [0.2, 0.25) is 0 Å². The van der Waals surface area contributed by atoms with E-state index in [1.54, 1.807) is 0 Å². The molecule has 0 aromatic heterocycles. The molecule has 0 amide bonds. The summed E-state index contributed by atoms with van der Waals surface area (Å²) < 4.78 is 0. The van der Waals surface area contributed by atoms with Crippen LogP contribution in [-0.2, 0) is 0 Å². The molecule has 0 unspecified atom stereocenters. The van der Waals surface area contributed by atoms with E-state index in [9.17, 15) is 0 Å². The fraction of sp³-hybridized carbons (Fsp3) is 0.750. The predicted octanol–water partition coefficient (Wildman–Crippen LogP) is 0.972. The second kappa shape index (κ2) is 9.16. The molecule has 0 rings (SSSR count). The molecule has 0 N–H and O–H groups in total. The van der Waals surface area contributed by atoms with Gasteiger partial charge in [-0.25, -0.2) is 0 Å². The van der Waals surface area contributed by atoms with E-state index < -0.39 is 0 Å². The first-order chi connectivity index (χ1) is 1.91. The van der Waals surface area contributed by atoms with E-state index in [-0.39, 0.29) is 51.4 Å². The summed E-state index contributed by atoms with van der Waals surface area (Å²) in [6.45, 7) is 4.18. The predicted molar refractivity (Wildman–Crippen MR) is 27.4 cm³/mol. The summed E-state index contributed by atoms with van der Waals surface area (Å²) in [7, 11) is 0. The Morgan fingerprint density at radius 1 is 1.60 bits per heavy atom. The van der Waals surface area contributed by atoms with E-state index in [1.807, 2.05) is 0 Å². The second-order valence-corrected chi connectivity index (χ2v) is 0.816. The standard InChI is InChI=1S/C4H9.K.H/c1-3-4-2;;/h3H,4H2,1-2H3;;. The van der Waals surface area contributed by atoms with E-state index >= 15 is 0 Å². The molecule has 27 valence electrons. The Bertz CT molecular complexity index is 5.61. The van der Waals surface area contributed by atoms with Gasteiger partial charge in [-0.3, -0.25) is 0 Å². The van der Waals surface area contributed by atoms with Gasteiger partial charge in [0.25, 0.3) is 0 Å². The molecule has 0 saturated heterocycles. The van der Waals surface area contributed by atoms with Gasteiger partial charge in [-0.1, -0.05) is 20.3 Å².